The van der Waals surface area contributed by atoms with Crippen LogP contribution in [0.5, 0.6) is 0 Å². The minimum absolute atomic E-state index is 0.132. The second kappa shape index (κ2) is 6.13. The third-order valence-electron chi connectivity index (χ3n) is 3.90. The summed E-state index contributed by atoms with van der Waals surface area (Å²) in [5, 5.41) is 0. The Kier molecular flexibility index (Phi) is 4.51. The Morgan fingerprint density at radius 1 is 1.16 bits per heavy atom. The summed E-state index contributed by atoms with van der Waals surface area (Å²) in [6.45, 7) is 6.80. The van der Waals surface area contributed by atoms with Gasteiger partial charge in [-0.3, -0.25) is 0 Å². The third-order valence-corrected chi connectivity index (χ3v) is 3.90. The average Bonchev–Trinajstić information content (AvgIpc) is 2.87. The van der Waals surface area contributed by atoms with E-state index in [1.807, 2.05) is 0 Å². The largest absolute Gasteiger partial charge is 0.339 e. The fourth-order valence-corrected chi connectivity index (χ4v) is 2.54. The lowest BCUT2D eigenvalue weighted by Gasteiger charge is -2.27. The van der Waals surface area contributed by atoms with E-state index in [1.165, 1.54) is 38.5 Å². The van der Waals surface area contributed by atoms with Crippen LogP contribution in [-0.4, -0.2) is 19.9 Å². The van der Waals surface area contributed by atoms with Gasteiger partial charge in [-0.15, -0.1) is 0 Å². The second-order valence-electron chi connectivity index (χ2n) is 5.61. The van der Waals surface area contributed by atoms with Gasteiger partial charge in [0.2, 0.25) is 0 Å². The Bertz CT molecular complexity index is 477. The molecular weight excluding hydrogens is 236 g/mol. The quantitative estimate of drug-likeness (QED) is 0.819. The maximum absolute atomic E-state index is 4.68. The van der Waals surface area contributed by atoms with Crippen molar-refractivity contribution in [3.63, 3.8) is 0 Å². The van der Waals surface area contributed by atoms with Crippen molar-refractivity contribution in [3.8, 4) is 0 Å². The van der Waals surface area contributed by atoms with Crippen molar-refractivity contribution in [2.45, 2.75) is 64.7 Å². The zero-order valence-electron chi connectivity index (χ0n) is 12.2. The van der Waals surface area contributed by atoms with Gasteiger partial charge >= 0.3 is 0 Å². The molecule has 0 atom stereocenters. The number of aromatic nitrogens is 4. The minimum atomic E-state index is 0.132. The number of hydrogen-bond acceptors (Lipinski definition) is 3. The molecule has 0 aromatic carbocycles. The molecule has 2 rings (SSSR count). The van der Waals surface area contributed by atoms with Gasteiger partial charge in [-0.25, -0.2) is 15.0 Å². The van der Waals surface area contributed by atoms with E-state index in [9.17, 15) is 0 Å². The summed E-state index contributed by atoms with van der Waals surface area (Å²) in [5.41, 5.74) is 1.85. The zero-order valence-corrected chi connectivity index (χ0v) is 12.2. The maximum atomic E-state index is 4.68. The lowest BCUT2D eigenvalue weighted by atomic mass is 9.79. The predicted octanol–water partition coefficient (Wildman–Crippen LogP) is 3.99. The number of imidazole rings is 1. The molecule has 2 aromatic rings. The highest BCUT2D eigenvalue weighted by molar-refractivity contribution is 5.69. The van der Waals surface area contributed by atoms with E-state index in [0.717, 1.165) is 17.0 Å². The van der Waals surface area contributed by atoms with Crippen molar-refractivity contribution in [3.05, 3.63) is 18.3 Å². The molecule has 0 saturated heterocycles. The summed E-state index contributed by atoms with van der Waals surface area (Å²) in [6.07, 6.45) is 10.6. The Balaban J connectivity index is 2.30. The standard InChI is InChI=1S/C15H24N4/c1-4-6-8-15(3,9-7-5-2)14-18-12-10-16-11-17-13(12)19-14/h10-11H,4-9H2,1-3H3,(H,16,17,18,19). The fourth-order valence-electron chi connectivity index (χ4n) is 2.54. The number of unbranched alkanes of at least 4 members (excludes halogenated alkanes) is 2. The molecule has 104 valence electrons. The molecular formula is C15H24N4. The van der Waals surface area contributed by atoms with Gasteiger partial charge in [-0.05, 0) is 12.8 Å². The maximum Gasteiger partial charge on any atom is 0.180 e. The molecule has 4 heteroatoms. The second-order valence-corrected chi connectivity index (χ2v) is 5.61. The molecule has 0 saturated carbocycles. The van der Waals surface area contributed by atoms with Crippen molar-refractivity contribution < 1.29 is 0 Å². The Morgan fingerprint density at radius 2 is 1.84 bits per heavy atom. The van der Waals surface area contributed by atoms with E-state index in [-0.39, 0.29) is 5.41 Å². The summed E-state index contributed by atoms with van der Waals surface area (Å²) < 4.78 is 0. The number of aromatic amines is 1. The van der Waals surface area contributed by atoms with E-state index >= 15 is 0 Å². The van der Waals surface area contributed by atoms with Crippen LogP contribution >= 0.6 is 0 Å². The van der Waals surface area contributed by atoms with Crippen molar-refractivity contribution >= 4 is 11.2 Å². The number of fused-ring (bicyclic) bond motifs is 1. The minimum Gasteiger partial charge on any atom is -0.339 e. The molecule has 0 amide bonds. The molecule has 2 heterocycles. The van der Waals surface area contributed by atoms with Crippen LogP contribution in [0.4, 0.5) is 0 Å². The summed E-state index contributed by atoms with van der Waals surface area (Å²) in [5.74, 6) is 1.07. The van der Waals surface area contributed by atoms with Gasteiger partial charge in [0.1, 0.15) is 17.7 Å². The molecule has 0 aliphatic rings. The highest BCUT2D eigenvalue weighted by atomic mass is 15.0. The van der Waals surface area contributed by atoms with Gasteiger partial charge in [0.05, 0.1) is 6.20 Å². The van der Waals surface area contributed by atoms with Crippen molar-refractivity contribution in [1.82, 2.24) is 19.9 Å². The molecule has 0 spiro atoms. The van der Waals surface area contributed by atoms with Gasteiger partial charge in [0.25, 0.3) is 0 Å². The van der Waals surface area contributed by atoms with Crippen LogP contribution in [0.2, 0.25) is 0 Å². The number of nitrogens with one attached hydrogen (secondary N) is 1. The van der Waals surface area contributed by atoms with Gasteiger partial charge < -0.3 is 4.98 Å². The Morgan fingerprint density at radius 3 is 2.42 bits per heavy atom. The monoisotopic (exact) mass is 260 g/mol. The van der Waals surface area contributed by atoms with Crippen LogP contribution in [0.15, 0.2) is 12.5 Å². The highest BCUT2D eigenvalue weighted by Gasteiger charge is 2.29. The SMILES string of the molecule is CCCCC(C)(CCCC)c1nc2ncncc2[nH]1. The van der Waals surface area contributed by atoms with E-state index in [0.29, 0.717) is 0 Å². The Labute approximate surface area is 115 Å². The van der Waals surface area contributed by atoms with E-state index in [1.54, 1.807) is 12.5 Å². The van der Waals surface area contributed by atoms with E-state index in [2.05, 4.69) is 40.7 Å². The van der Waals surface area contributed by atoms with Gasteiger partial charge in [0.15, 0.2) is 5.65 Å². The number of H-pyrrole nitrogens is 1. The zero-order chi connectivity index (χ0) is 13.7. The van der Waals surface area contributed by atoms with Crippen LogP contribution in [0.1, 0.15) is 65.1 Å². The summed E-state index contributed by atoms with van der Waals surface area (Å²) in [7, 11) is 0. The van der Waals surface area contributed by atoms with Crippen LogP contribution in [0, 0.1) is 0 Å². The van der Waals surface area contributed by atoms with Crippen LogP contribution in [0.3, 0.4) is 0 Å². The molecule has 0 aliphatic carbocycles. The first kappa shape index (κ1) is 14.0. The lowest BCUT2D eigenvalue weighted by Crippen LogP contribution is -2.23. The lowest BCUT2D eigenvalue weighted by molar-refractivity contribution is 0.358. The molecule has 0 unspecified atom stereocenters. The van der Waals surface area contributed by atoms with E-state index < -0.39 is 0 Å². The molecule has 19 heavy (non-hydrogen) atoms. The Hall–Kier alpha value is -1.45. The molecule has 0 aliphatic heterocycles. The van der Waals surface area contributed by atoms with Crippen LogP contribution < -0.4 is 0 Å². The fraction of sp³-hybridized carbons (Fsp3) is 0.667. The third kappa shape index (κ3) is 3.11. The number of nitrogens with zero attached hydrogens (tertiary/aromatic N) is 3. The first-order valence-electron chi connectivity index (χ1n) is 7.36. The van der Waals surface area contributed by atoms with Crippen molar-refractivity contribution in [1.29, 1.82) is 0 Å². The van der Waals surface area contributed by atoms with Crippen LogP contribution in [0.25, 0.3) is 11.2 Å². The first-order chi connectivity index (χ1) is 9.19. The van der Waals surface area contributed by atoms with Gasteiger partial charge in [-0.1, -0.05) is 46.5 Å². The molecule has 1 N–H and O–H groups in total. The summed E-state index contributed by atoms with van der Waals surface area (Å²) in [6, 6.07) is 0. The topological polar surface area (TPSA) is 54.5 Å². The summed E-state index contributed by atoms with van der Waals surface area (Å²) in [4.78, 5) is 16.4. The predicted molar refractivity (Wildman–Crippen MR) is 78.1 cm³/mol. The van der Waals surface area contributed by atoms with Crippen molar-refractivity contribution in [2.75, 3.05) is 0 Å². The molecule has 0 radical (unpaired) electrons. The van der Waals surface area contributed by atoms with Gasteiger partial charge in [0, 0.05) is 5.41 Å². The average molecular weight is 260 g/mol. The first-order valence-corrected chi connectivity index (χ1v) is 7.36. The molecule has 2 aromatic heterocycles. The van der Waals surface area contributed by atoms with Crippen molar-refractivity contribution in [2.24, 2.45) is 0 Å². The summed E-state index contributed by atoms with van der Waals surface area (Å²) >= 11 is 0. The normalized spacial score (nSPS) is 12.2. The highest BCUT2D eigenvalue weighted by Crippen LogP contribution is 2.33. The molecule has 0 bridgehead atoms. The van der Waals surface area contributed by atoms with E-state index in [4.69, 9.17) is 0 Å². The number of rotatable bonds is 7. The van der Waals surface area contributed by atoms with Crippen LogP contribution in [-0.2, 0) is 5.41 Å². The van der Waals surface area contributed by atoms with Gasteiger partial charge in [-0.2, -0.15) is 0 Å². The molecule has 0 fully saturated rings. The number of hydrogen-bond donors (Lipinski definition) is 1. The molecule has 4 nitrogen and oxygen atoms in total. The smallest absolute Gasteiger partial charge is 0.180 e.